The maximum Gasteiger partial charge on any atom is 0.246 e. The first-order chi connectivity index (χ1) is 15.0. The molecule has 2 saturated heterocycles. The van der Waals surface area contributed by atoms with Crippen LogP contribution in [0.2, 0.25) is 5.02 Å². The number of rotatable bonds is 5. The molecule has 0 atom stereocenters. The van der Waals surface area contributed by atoms with Crippen LogP contribution in [0.3, 0.4) is 0 Å². The lowest BCUT2D eigenvalue weighted by molar-refractivity contribution is -0.134. The van der Waals surface area contributed by atoms with Gasteiger partial charge in [-0.2, -0.15) is 0 Å². The fourth-order valence-corrected chi connectivity index (χ4v) is 5.84. The zero-order chi connectivity index (χ0) is 21.8. The molecule has 0 spiro atoms. The Balaban J connectivity index is 1.25. The van der Waals surface area contributed by atoms with Gasteiger partial charge < -0.3 is 14.7 Å². The normalized spacial score (nSPS) is 18.9. The van der Waals surface area contributed by atoms with Crippen LogP contribution in [0.4, 0.5) is 0 Å². The predicted octanol–water partition coefficient (Wildman–Crippen LogP) is 4.36. The van der Waals surface area contributed by atoms with Crippen molar-refractivity contribution in [3.8, 4) is 0 Å². The molecular weight excluding hydrogens is 430 g/mol. The SMILES string of the molecule is CCN1CCN(C(=O)CC2CCN(C(=O)C=Cc3sc4ccccc4c3Cl)CC2)CC1. The molecule has 0 N–H and O–H groups in total. The number of fused-ring (bicyclic) bond motifs is 1. The van der Waals surface area contributed by atoms with Crippen LogP contribution >= 0.6 is 22.9 Å². The molecule has 2 aromatic rings. The molecule has 5 nitrogen and oxygen atoms in total. The maximum atomic E-state index is 12.7. The van der Waals surface area contributed by atoms with E-state index in [0.717, 1.165) is 60.5 Å². The minimum atomic E-state index is 0.0222. The fourth-order valence-electron chi connectivity index (χ4n) is 4.44. The highest BCUT2D eigenvalue weighted by Crippen LogP contribution is 2.36. The van der Waals surface area contributed by atoms with Crippen molar-refractivity contribution >= 4 is 50.9 Å². The summed E-state index contributed by atoms with van der Waals surface area (Å²) in [5, 5.41) is 1.74. The van der Waals surface area contributed by atoms with Crippen LogP contribution in [-0.2, 0) is 9.59 Å². The molecule has 0 aliphatic carbocycles. The fraction of sp³-hybridized carbons (Fsp3) is 0.500. The largest absolute Gasteiger partial charge is 0.340 e. The summed E-state index contributed by atoms with van der Waals surface area (Å²) in [5.41, 5.74) is 0. The van der Waals surface area contributed by atoms with Crippen molar-refractivity contribution in [2.75, 3.05) is 45.8 Å². The Hall–Kier alpha value is -1.89. The number of likely N-dealkylation sites (N-methyl/N-ethyl adjacent to an activating group) is 1. The molecule has 1 aromatic carbocycles. The van der Waals surface area contributed by atoms with Gasteiger partial charge in [-0.05, 0) is 37.4 Å². The predicted molar refractivity (Wildman–Crippen MR) is 128 cm³/mol. The number of hydrogen-bond acceptors (Lipinski definition) is 4. The number of halogens is 1. The molecule has 0 unspecified atom stereocenters. The third kappa shape index (κ3) is 5.30. The van der Waals surface area contributed by atoms with Gasteiger partial charge in [-0.1, -0.05) is 36.7 Å². The Kier molecular flexibility index (Phi) is 7.31. The van der Waals surface area contributed by atoms with E-state index in [1.54, 1.807) is 17.4 Å². The number of carbonyl (C=O) groups is 2. The molecule has 2 aliphatic rings. The number of amides is 2. The minimum absolute atomic E-state index is 0.0222. The van der Waals surface area contributed by atoms with Gasteiger partial charge in [-0.3, -0.25) is 9.59 Å². The molecule has 0 bridgehead atoms. The van der Waals surface area contributed by atoms with Gasteiger partial charge in [0.1, 0.15) is 0 Å². The molecule has 166 valence electrons. The highest BCUT2D eigenvalue weighted by Gasteiger charge is 2.27. The van der Waals surface area contributed by atoms with Crippen LogP contribution in [0.5, 0.6) is 0 Å². The van der Waals surface area contributed by atoms with E-state index in [2.05, 4.69) is 11.8 Å². The maximum absolute atomic E-state index is 12.7. The molecule has 3 heterocycles. The van der Waals surface area contributed by atoms with Crippen molar-refractivity contribution in [3.05, 3.63) is 40.2 Å². The first-order valence-corrected chi connectivity index (χ1v) is 12.4. The Morgan fingerprint density at radius 2 is 1.77 bits per heavy atom. The first-order valence-electron chi connectivity index (χ1n) is 11.2. The Labute approximate surface area is 193 Å². The lowest BCUT2D eigenvalue weighted by atomic mass is 9.92. The van der Waals surface area contributed by atoms with Gasteiger partial charge in [0.15, 0.2) is 0 Å². The van der Waals surface area contributed by atoms with Crippen LogP contribution in [0.1, 0.15) is 31.1 Å². The molecule has 1 aromatic heterocycles. The standard InChI is InChI=1S/C24H30ClN3O2S/c1-2-26-13-15-28(16-14-26)23(30)17-18-9-11-27(12-10-18)22(29)8-7-21-24(25)19-5-3-4-6-20(19)31-21/h3-8,18H,2,9-17H2,1H3. The van der Waals surface area contributed by atoms with Crippen molar-refractivity contribution in [3.63, 3.8) is 0 Å². The monoisotopic (exact) mass is 459 g/mol. The van der Waals surface area contributed by atoms with Gasteiger partial charge in [-0.25, -0.2) is 0 Å². The number of nitrogens with zero attached hydrogens (tertiary/aromatic N) is 3. The summed E-state index contributed by atoms with van der Waals surface area (Å²) < 4.78 is 1.13. The van der Waals surface area contributed by atoms with Gasteiger partial charge in [0.05, 0.1) is 5.02 Å². The number of benzene rings is 1. The van der Waals surface area contributed by atoms with E-state index < -0.39 is 0 Å². The first kappa shape index (κ1) is 22.3. The Morgan fingerprint density at radius 1 is 1.06 bits per heavy atom. The molecule has 2 aliphatic heterocycles. The third-order valence-electron chi connectivity index (χ3n) is 6.50. The second-order valence-electron chi connectivity index (χ2n) is 8.40. The smallest absolute Gasteiger partial charge is 0.246 e. The average molecular weight is 460 g/mol. The number of carbonyl (C=O) groups excluding carboxylic acids is 2. The van der Waals surface area contributed by atoms with Crippen LogP contribution in [-0.4, -0.2) is 72.3 Å². The summed E-state index contributed by atoms with van der Waals surface area (Å²) in [4.78, 5) is 32.5. The van der Waals surface area contributed by atoms with E-state index in [-0.39, 0.29) is 11.8 Å². The van der Waals surface area contributed by atoms with E-state index in [1.807, 2.05) is 40.1 Å². The van der Waals surface area contributed by atoms with Crippen molar-refractivity contribution in [1.82, 2.24) is 14.7 Å². The Morgan fingerprint density at radius 3 is 2.45 bits per heavy atom. The molecule has 2 amide bonds. The highest BCUT2D eigenvalue weighted by atomic mass is 35.5. The summed E-state index contributed by atoms with van der Waals surface area (Å²) in [6.07, 6.45) is 5.87. The molecule has 31 heavy (non-hydrogen) atoms. The van der Waals surface area contributed by atoms with Crippen LogP contribution in [0, 0.1) is 5.92 Å². The number of thiophene rings is 1. The van der Waals surface area contributed by atoms with E-state index >= 15 is 0 Å². The van der Waals surface area contributed by atoms with Gasteiger partial charge in [-0.15, -0.1) is 11.3 Å². The second-order valence-corrected chi connectivity index (χ2v) is 9.86. The average Bonchev–Trinajstić information content (AvgIpc) is 3.13. The third-order valence-corrected chi connectivity index (χ3v) is 8.15. The number of piperidine rings is 1. The number of likely N-dealkylation sites (tertiary alicyclic amines) is 1. The number of hydrogen-bond donors (Lipinski definition) is 0. The molecule has 0 saturated carbocycles. The van der Waals surface area contributed by atoms with Gasteiger partial charge in [0, 0.05) is 66.7 Å². The number of piperazine rings is 1. The van der Waals surface area contributed by atoms with Crippen molar-refractivity contribution in [2.24, 2.45) is 5.92 Å². The molecular formula is C24H30ClN3O2S. The van der Waals surface area contributed by atoms with E-state index in [9.17, 15) is 9.59 Å². The lowest BCUT2D eigenvalue weighted by Crippen LogP contribution is -2.49. The van der Waals surface area contributed by atoms with Gasteiger partial charge in [0.2, 0.25) is 11.8 Å². The minimum Gasteiger partial charge on any atom is -0.340 e. The van der Waals surface area contributed by atoms with Crippen molar-refractivity contribution < 1.29 is 9.59 Å². The zero-order valence-corrected chi connectivity index (χ0v) is 19.6. The van der Waals surface area contributed by atoms with Crippen molar-refractivity contribution in [2.45, 2.75) is 26.2 Å². The summed E-state index contributed by atoms with van der Waals surface area (Å²) in [6.45, 7) is 8.29. The highest BCUT2D eigenvalue weighted by molar-refractivity contribution is 7.20. The van der Waals surface area contributed by atoms with E-state index in [4.69, 9.17) is 11.6 Å². The van der Waals surface area contributed by atoms with Crippen LogP contribution in [0.25, 0.3) is 16.2 Å². The topological polar surface area (TPSA) is 43.9 Å². The molecule has 0 radical (unpaired) electrons. The second kappa shape index (κ2) is 10.2. The van der Waals surface area contributed by atoms with Crippen molar-refractivity contribution in [1.29, 1.82) is 0 Å². The van der Waals surface area contributed by atoms with E-state index in [1.165, 1.54) is 0 Å². The lowest BCUT2D eigenvalue weighted by Gasteiger charge is -2.36. The molecule has 7 heteroatoms. The Bertz CT molecular complexity index is 957. The van der Waals surface area contributed by atoms with Crippen LogP contribution in [0.15, 0.2) is 30.3 Å². The quantitative estimate of drug-likeness (QED) is 0.624. The molecule has 4 rings (SSSR count). The summed E-state index contributed by atoms with van der Waals surface area (Å²) in [7, 11) is 0. The van der Waals surface area contributed by atoms with Gasteiger partial charge in [0.25, 0.3) is 0 Å². The summed E-state index contributed by atoms with van der Waals surface area (Å²) in [6, 6.07) is 8.01. The van der Waals surface area contributed by atoms with Crippen LogP contribution < -0.4 is 0 Å². The van der Waals surface area contributed by atoms with E-state index in [0.29, 0.717) is 30.5 Å². The summed E-state index contributed by atoms with van der Waals surface area (Å²) >= 11 is 8.07. The zero-order valence-electron chi connectivity index (χ0n) is 18.1. The van der Waals surface area contributed by atoms with Gasteiger partial charge >= 0.3 is 0 Å². The summed E-state index contributed by atoms with van der Waals surface area (Å²) in [5.74, 6) is 0.676. The molecule has 2 fully saturated rings.